The Bertz CT molecular complexity index is 736. The van der Waals surface area contributed by atoms with E-state index in [0.29, 0.717) is 13.2 Å². The predicted molar refractivity (Wildman–Crippen MR) is 122 cm³/mol. The van der Waals surface area contributed by atoms with Crippen molar-refractivity contribution in [3.63, 3.8) is 0 Å². The number of thiazole rings is 1. The lowest BCUT2D eigenvalue weighted by atomic mass is 10.2. The van der Waals surface area contributed by atoms with Gasteiger partial charge in [0.05, 0.1) is 29.5 Å². The number of aromatic nitrogens is 3. The van der Waals surface area contributed by atoms with Crippen molar-refractivity contribution in [2.45, 2.75) is 47.2 Å². The Kier molecular flexibility index (Phi) is 10.2. The Morgan fingerprint density at radius 2 is 1.93 bits per heavy atom. The minimum Gasteiger partial charge on any atom is -0.383 e. The molecule has 0 aliphatic rings. The first-order valence-corrected chi connectivity index (χ1v) is 9.67. The van der Waals surface area contributed by atoms with E-state index in [1.165, 1.54) is 10.4 Å². The van der Waals surface area contributed by atoms with Crippen LogP contribution < -0.4 is 10.6 Å². The molecule has 0 saturated heterocycles. The lowest BCUT2D eigenvalue weighted by Gasteiger charge is -2.12. The highest BCUT2D eigenvalue weighted by Gasteiger charge is 2.12. The van der Waals surface area contributed by atoms with E-state index in [1.807, 2.05) is 11.6 Å². The van der Waals surface area contributed by atoms with Crippen molar-refractivity contribution in [3.05, 3.63) is 32.5 Å². The molecular weight excluding hydrogens is 475 g/mol. The molecule has 9 heteroatoms. The predicted octanol–water partition coefficient (Wildman–Crippen LogP) is 2.75. The van der Waals surface area contributed by atoms with Crippen LogP contribution in [0.1, 0.15) is 32.5 Å². The summed E-state index contributed by atoms with van der Waals surface area (Å²) >= 11 is 1.76. The van der Waals surface area contributed by atoms with Gasteiger partial charge in [0, 0.05) is 49.8 Å². The lowest BCUT2D eigenvalue weighted by Crippen LogP contribution is -2.38. The summed E-state index contributed by atoms with van der Waals surface area (Å²) in [6, 6.07) is 0. The zero-order valence-electron chi connectivity index (χ0n) is 17.0. The summed E-state index contributed by atoms with van der Waals surface area (Å²) in [7, 11) is 3.49. The number of hydrogen-bond donors (Lipinski definition) is 2. The van der Waals surface area contributed by atoms with Gasteiger partial charge in [0.15, 0.2) is 5.96 Å². The minimum absolute atomic E-state index is 0. The number of hydrogen-bond acceptors (Lipinski definition) is 5. The largest absolute Gasteiger partial charge is 0.383 e. The Balaban J connectivity index is 0.00000364. The summed E-state index contributed by atoms with van der Waals surface area (Å²) in [4.78, 5) is 10.2. The number of ether oxygens (including phenoxy) is 1. The summed E-state index contributed by atoms with van der Waals surface area (Å²) in [6.45, 7) is 11.2. The third-order valence-corrected chi connectivity index (χ3v) is 5.53. The van der Waals surface area contributed by atoms with Gasteiger partial charge in [-0.1, -0.05) is 0 Å². The van der Waals surface area contributed by atoms with Gasteiger partial charge in [-0.3, -0.25) is 9.67 Å². The molecule has 2 aromatic rings. The molecule has 0 saturated carbocycles. The fourth-order valence-corrected chi connectivity index (χ4v) is 3.65. The van der Waals surface area contributed by atoms with Gasteiger partial charge in [0.25, 0.3) is 0 Å². The molecule has 2 heterocycles. The molecule has 0 aromatic carbocycles. The molecule has 0 unspecified atom stereocenters. The van der Waals surface area contributed by atoms with Gasteiger partial charge >= 0.3 is 0 Å². The van der Waals surface area contributed by atoms with Crippen molar-refractivity contribution in [2.75, 3.05) is 27.3 Å². The van der Waals surface area contributed by atoms with Crippen LogP contribution in [0.4, 0.5) is 0 Å². The summed E-state index contributed by atoms with van der Waals surface area (Å²) in [5.41, 5.74) is 4.53. The van der Waals surface area contributed by atoms with E-state index in [0.717, 1.165) is 47.6 Å². The number of guanidine groups is 1. The van der Waals surface area contributed by atoms with Crippen LogP contribution in [0.2, 0.25) is 0 Å². The van der Waals surface area contributed by atoms with E-state index < -0.39 is 0 Å². The maximum atomic E-state index is 5.15. The highest BCUT2D eigenvalue weighted by atomic mass is 127. The molecule has 0 spiro atoms. The molecule has 0 fully saturated rings. The smallest absolute Gasteiger partial charge is 0.191 e. The maximum Gasteiger partial charge on any atom is 0.191 e. The first kappa shape index (κ1) is 23.8. The second-order valence-corrected chi connectivity index (χ2v) is 7.50. The molecule has 0 radical (unpaired) electrons. The molecule has 2 rings (SSSR count). The van der Waals surface area contributed by atoms with Crippen molar-refractivity contribution in [3.8, 4) is 0 Å². The number of aliphatic imine (C=N–C) groups is 1. The standard InChI is InChI=1S/C18H30N6OS.HI/c1-12-15(4)26-17(22-12)7-8-20-18(19-5)21-11-16-13(2)23-24(14(16)3)9-10-25-6;/h7-11H2,1-6H3,(H2,19,20,21);1H. The topological polar surface area (TPSA) is 76.4 Å². The van der Waals surface area contributed by atoms with E-state index in [-0.39, 0.29) is 24.0 Å². The Morgan fingerprint density at radius 1 is 1.19 bits per heavy atom. The number of methoxy groups -OCH3 is 1. The van der Waals surface area contributed by atoms with Crippen molar-refractivity contribution in [2.24, 2.45) is 4.99 Å². The molecule has 152 valence electrons. The molecule has 2 N–H and O–H groups in total. The van der Waals surface area contributed by atoms with Crippen LogP contribution >= 0.6 is 35.3 Å². The van der Waals surface area contributed by atoms with Crippen LogP contribution in [0.5, 0.6) is 0 Å². The molecule has 7 nitrogen and oxygen atoms in total. The minimum atomic E-state index is 0. The second-order valence-electron chi connectivity index (χ2n) is 6.22. The fourth-order valence-electron chi connectivity index (χ4n) is 2.71. The molecule has 27 heavy (non-hydrogen) atoms. The highest BCUT2D eigenvalue weighted by Crippen LogP contribution is 2.16. The van der Waals surface area contributed by atoms with Crippen molar-refractivity contribution in [1.82, 2.24) is 25.4 Å². The molecule has 0 atom stereocenters. The average molecular weight is 506 g/mol. The number of rotatable bonds is 8. The van der Waals surface area contributed by atoms with Gasteiger partial charge in [-0.05, 0) is 27.7 Å². The van der Waals surface area contributed by atoms with Crippen molar-refractivity contribution in [1.29, 1.82) is 0 Å². The SMILES string of the molecule is CN=C(NCCc1nc(C)c(C)s1)NCc1c(C)nn(CCOC)c1C.I. The van der Waals surface area contributed by atoms with Gasteiger partial charge in [0.2, 0.25) is 0 Å². The Hall–Kier alpha value is -1.20. The van der Waals surface area contributed by atoms with Gasteiger partial charge < -0.3 is 15.4 Å². The monoisotopic (exact) mass is 506 g/mol. The second kappa shape index (κ2) is 11.6. The third-order valence-electron chi connectivity index (χ3n) is 4.40. The number of nitrogens with zero attached hydrogens (tertiary/aromatic N) is 4. The van der Waals surface area contributed by atoms with Gasteiger partial charge in [0.1, 0.15) is 0 Å². The van der Waals surface area contributed by atoms with Gasteiger partial charge in [-0.25, -0.2) is 4.98 Å². The zero-order valence-corrected chi connectivity index (χ0v) is 20.2. The molecule has 0 aliphatic carbocycles. The first-order valence-electron chi connectivity index (χ1n) is 8.85. The van der Waals surface area contributed by atoms with Crippen molar-refractivity contribution < 1.29 is 4.74 Å². The lowest BCUT2D eigenvalue weighted by molar-refractivity contribution is 0.182. The van der Waals surface area contributed by atoms with Crippen LogP contribution in [0.15, 0.2) is 4.99 Å². The Labute approximate surface area is 183 Å². The van der Waals surface area contributed by atoms with Crippen LogP contribution in [0, 0.1) is 27.7 Å². The van der Waals surface area contributed by atoms with E-state index in [1.54, 1.807) is 25.5 Å². The number of halogens is 1. The Morgan fingerprint density at radius 3 is 2.52 bits per heavy atom. The zero-order chi connectivity index (χ0) is 19.1. The molecule has 0 aliphatic heterocycles. The van der Waals surface area contributed by atoms with E-state index >= 15 is 0 Å². The van der Waals surface area contributed by atoms with Crippen LogP contribution in [-0.4, -0.2) is 48.0 Å². The average Bonchev–Trinajstić information content (AvgIpc) is 3.07. The number of aryl methyl sites for hydroxylation is 3. The normalized spacial score (nSPS) is 11.4. The van der Waals surface area contributed by atoms with Crippen LogP contribution in [0.3, 0.4) is 0 Å². The fraction of sp³-hybridized carbons (Fsp3) is 0.611. The van der Waals surface area contributed by atoms with E-state index in [9.17, 15) is 0 Å². The molecule has 0 amide bonds. The summed E-state index contributed by atoms with van der Waals surface area (Å²) in [5, 5.41) is 12.5. The van der Waals surface area contributed by atoms with Gasteiger partial charge in [-0.2, -0.15) is 5.10 Å². The van der Waals surface area contributed by atoms with Gasteiger partial charge in [-0.15, -0.1) is 35.3 Å². The first-order chi connectivity index (χ1) is 12.5. The summed E-state index contributed by atoms with van der Waals surface area (Å²) in [5.74, 6) is 0.790. The quantitative estimate of drug-likeness (QED) is 0.327. The highest BCUT2D eigenvalue weighted by molar-refractivity contribution is 14.0. The van der Waals surface area contributed by atoms with Crippen molar-refractivity contribution >= 4 is 41.3 Å². The van der Waals surface area contributed by atoms with Crippen LogP contribution in [0.25, 0.3) is 0 Å². The summed E-state index contributed by atoms with van der Waals surface area (Å²) < 4.78 is 7.14. The van der Waals surface area contributed by atoms with E-state index in [4.69, 9.17) is 4.74 Å². The summed E-state index contributed by atoms with van der Waals surface area (Å²) in [6.07, 6.45) is 0.896. The third kappa shape index (κ3) is 6.72. The molecular formula is C18H31IN6OS. The van der Waals surface area contributed by atoms with E-state index in [2.05, 4.69) is 46.5 Å². The van der Waals surface area contributed by atoms with Crippen LogP contribution in [-0.2, 0) is 24.2 Å². The molecule has 2 aromatic heterocycles. The molecule has 0 bridgehead atoms. The number of nitrogens with one attached hydrogen (secondary N) is 2. The maximum absolute atomic E-state index is 5.15.